The van der Waals surface area contributed by atoms with E-state index in [-0.39, 0.29) is 0 Å². The Morgan fingerprint density at radius 2 is 1.04 bits per heavy atom. The van der Waals surface area contributed by atoms with Crippen LogP contribution in [-0.4, -0.2) is 22.8 Å². The lowest BCUT2D eigenvalue weighted by molar-refractivity contribution is 0.275. The molecule has 0 spiro atoms. The van der Waals surface area contributed by atoms with Gasteiger partial charge in [0.25, 0.3) is 0 Å². The summed E-state index contributed by atoms with van der Waals surface area (Å²) >= 11 is 0. The molecule has 0 atom stereocenters. The van der Waals surface area contributed by atoms with Crippen molar-refractivity contribution in [2.24, 2.45) is 0 Å². The molecule has 1 aliphatic heterocycles. The van der Waals surface area contributed by atoms with Crippen LogP contribution in [0.3, 0.4) is 0 Å². The molecule has 2 aromatic rings. The zero-order valence-corrected chi connectivity index (χ0v) is 15.9. The van der Waals surface area contributed by atoms with Gasteiger partial charge in [0.15, 0.2) is 0 Å². The molecule has 1 heterocycles. The number of hydrogen-bond donors (Lipinski definition) is 0. The summed E-state index contributed by atoms with van der Waals surface area (Å²) < 4.78 is 12.5. The lowest BCUT2D eigenvalue weighted by atomic mass is 9.87. The van der Waals surface area contributed by atoms with Gasteiger partial charge in [0.05, 0.1) is 0 Å². The van der Waals surface area contributed by atoms with Gasteiger partial charge >= 0.3 is 8.56 Å². The first-order valence-electron chi connectivity index (χ1n) is 9.00. The van der Waals surface area contributed by atoms with Gasteiger partial charge in [-0.3, -0.25) is 0 Å². The highest BCUT2D eigenvalue weighted by Crippen LogP contribution is 2.53. The van der Waals surface area contributed by atoms with Crippen LogP contribution in [0.2, 0.25) is 0 Å². The summed E-state index contributed by atoms with van der Waals surface area (Å²) in [7, 11) is 0.949. The molecule has 4 rings (SSSR count). The monoisotopic (exact) mass is 348 g/mol. The van der Waals surface area contributed by atoms with Crippen molar-refractivity contribution >= 4 is 19.0 Å². The van der Waals surface area contributed by atoms with Crippen molar-refractivity contribution in [2.45, 2.75) is 25.7 Å². The van der Waals surface area contributed by atoms with Crippen LogP contribution >= 0.6 is 0 Å². The van der Waals surface area contributed by atoms with E-state index in [4.69, 9.17) is 8.85 Å². The van der Waals surface area contributed by atoms with E-state index in [1.165, 1.54) is 45.5 Å². The van der Waals surface area contributed by atoms with E-state index in [2.05, 4.69) is 60.7 Å². The van der Waals surface area contributed by atoms with E-state index in [1.807, 2.05) is 14.2 Å². The van der Waals surface area contributed by atoms with Gasteiger partial charge in [0, 0.05) is 24.6 Å². The summed E-state index contributed by atoms with van der Waals surface area (Å²) in [4.78, 5) is 0. The lowest BCUT2D eigenvalue weighted by Gasteiger charge is -2.30. The van der Waals surface area contributed by atoms with E-state index in [9.17, 15) is 0 Å². The van der Waals surface area contributed by atoms with Crippen molar-refractivity contribution in [1.29, 1.82) is 0 Å². The maximum atomic E-state index is 6.27. The SMILES string of the molecule is CO[Si]1(OC)C(c2ccccc2)=C2CCCCC2=C1c1ccccc1. The average molecular weight is 349 g/mol. The molecule has 0 radical (unpaired) electrons. The van der Waals surface area contributed by atoms with Crippen LogP contribution in [-0.2, 0) is 8.85 Å². The number of benzene rings is 2. The minimum atomic E-state index is -2.69. The fourth-order valence-electron chi connectivity index (χ4n) is 4.41. The van der Waals surface area contributed by atoms with Gasteiger partial charge in [-0.05, 0) is 48.0 Å². The quantitative estimate of drug-likeness (QED) is 0.699. The number of allylic oxidation sites excluding steroid dienone is 2. The predicted octanol–water partition coefficient (Wildman–Crippen LogP) is 5.30. The zero-order valence-electron chi connectivity index (χ0n) is 14.9. The Hall–Kier alpha value is -1.94. The minimum absolute atomic E-state index is 1.12. The van der Waals surface area contributed by atoms with Crippen LogP contribution in [0.15, 0.2) is 71.8 Å². The molecule has 2 aliphatic rings. The van der Waals surface area contributed by atoms with Crippen molar-refractivity contribution in [3.05, 3.63) is 82.9 Å². The van der Waals surface area contributed by atoms with Crippen LogP contribution in [0.1, 0.15) is 36.8 Å². The summed E-state index contributed by atoms with van der Waals surface area (Å²) in [5.74, 6) is 0. The number of fused-ring (bicyclic) bond motifs is 1. The molecule has 2 aromatic carbocycles. The molecule has 1 saturated carbocycles. The standard InChI is InChI=1S/C22H24O2Si/c1-23-25(24-2)21(17-11-5-3-6-12-17)19-15-9-10-16-20(19)22(25)18-13-7-4-8-14-18/h3-8,11-14H,9-10,15-16H2,1-2H3. The first-order valence-corrected chi connectivity index (χ1v) is 10.8. The lowest BCUT2D eigenvalue weighted by Crippen LogP contribution is -2.42. The average Bonchev–Trinajstić information content (AvgIpc) is 3.00. The Labute approximate surface area is 151 Å². The summed E-state index contributed by atoms with van der Waals surface area (Å²) in [5.41, 5.74) is 5.45. The molecule has 3 heteroatoms. The molecule has 0 bridgehead atoms. The van der Waals surface area contributed by atoms with Crippen LogP contribution in [0.4, 0.5) is 0 Å². The van der Waals surface area contributed by atoms with E-state index in [0.29, 0.717) is 0 Å². The van der Waals surface area contributed by atoms with Crippen molar-refractivity contribution in [3.63, 3.8) is 0 Å². The Balaban J connectivity index is 2.00. The Kier molecular flexibility index (Phi) is 4.46. The highest BCUT2D eigenvalue weighted by atomic mass is 28.4. The molecule has 2 nitrogen and oxygen atoms in total. The maximum Gasteiger partial charge on any atom is 0.408 e. The molecular weight excluding hydrogens is 324 g/mol. The van der Waals surface area contributed by atoms with Crippen molar-refractivity contribution in [1.82, 2.24) is 0 Å². The van der Waals surface area contributed by atoms with Gasteiger partial charge in [-0.1, -0.05) is 60.7 Å². The molecule has 1 fully saturated rings. The molecule has 1 aliphatic carbocycles. The van der Waals surface area contributed by atoms with Crippen molar-refractivity contribution in [2.75, 3.05) is 14.2 Å². The second-order valence-electron chi connectivity index (χ2n) is 6.67. The maximum absolute atomic E-state index is 6.27. The third kappa shape index (κ3) is 2.54. The fourth-order valence-corrected chi connectivity index (χ4v) is 8.08. The summed E-state index contributed by atoms with van der Waals surface area (Å²) in [6.07, 6.45) is 4.74. The van der Waals surface area contributed by atoms with E-state index < -0.39 is 8.56 Å². The van der Waals surface area contributed by atoms with Gasteiger partial charge < -0.3 is 8.85 Å². The summed E-state index contributed by atoms with van der Waals surface area (Å²) in [5, 5.41) is 2.65. The highest BCUT2D eigenvalue weighted by molar-refractivity contribution is 7.03. The molecule has 128 valence electrons. The van der Waals surface area contributed by atoms with E-state index in [0.717, 1.165) is 12.8 Å². The van der Waals surface area contributed by atoms with Crippen molar-refractivity contribution < 1.29 is 8.85 Å². The molecule has 0 aromatic heterocycles. The Morgan fingerprint density at radius 1 is 0.640 bits per heavy atom. The topological polar surface area (TPSA) is 18.5 Å². The summed E-state index contributed by atoms with van der Waals surface area (Å²) in [6.45, 7) is 0. The normalized spacial score (nSPS) is 19.3. The third-order valence-electron chi connectivity index (χ3n) is 5.43. The molecular formula is C22H24O2Si. The zero-order chi connectivity index (χ0) is 17.3. The van der Waals surface area contributed by atoms with Crippen LogP contribution in [0.25, 0.3) is 10.4 Å². The second-order valence-corrected chi connectivity index (χ2v) is 9.72. The van der Waals surface area contributed by atoms with Gasteiger partial charge in [0.2, 0.25) is 0 Å². The number of hydrogen-bond acceptors (Lipinski definition) is 2. The van der Waals surface area contributed by atoms with E-state index >= 15 is 0 Å². The predicted molar refractivity (Wildman–Crippen MR) is 105 cm³/mol. The largest absolute Gasteiger partial charge is 0.408 e. The first kappa shape index (κ1) is 16.5. The molecule has 0 saturated heterocycles. The van der Waals surface area contributed by atoms with Crippen LogP contribution < -0.4 is 0 Å². The first-order chi connectivity index (χ1) is 12.3. The smallest absolute Gasteiger partial charge is 0.391 e. The molecule has 0 amide bonds. The van der Waals surface area contributed by atoms with Crippen LogP contribution in [0.5, 0.6) is 0 Å². The summed E-state index contributed by atoms with van der Waals surface area (Å²) in [6, 6.07) is 21.4. The Bertz CT molecular complexity index is 750. The van der Waals surface area contributed by atoms with Crippen molar-refractivity contribution in [3.8, 4) is 0 Å². The fraction of sp³-hybridized carbons (Fsp3) is 0.273. The van der Waals surface area contributed by atoms with E-state index in [1.54, 1.807) is 0 Å². The molecule has 0 N–H and O–H groups in total. The third-order valence-corrected chi connectivity index (χ3v) is 9.08. The molecule has 25 heavy (non-hydrogen) atoms. The van der Waals surface area contributed by atoms with Gasteiger partial charge in [-0.15, -0.1) is 0 Å². The van der Waals surface area contributed by atoms with Gasteiger partial charge in [-0.2, -0.15) is 0 Å². The minimum Gasteiger partial charge on any atom is -0.391 e. The van der Waals surface area contributed by atoms with Gasteiger partial charge in [0.1, 0.15) is 0 Å². The second kappa shape index (κ2) is 6.75. The molecule has 0 unspecified atom stereocenters. The van der Waals surface area contributed by atoms with Crippen LogP contribution in [0, 0.1) is 0 Å². The Morgan fingerprint density at radius 3 is 1.40 bits per heavy atom. The van der Waals surface area contributed by atoms with Gasteiger partial charge in [-0.25, -0.2) is 0 Å². The highest BCUT2D eigenvalue weighted by Gasteiger charge is 2.53. The number of rotatable bonds is 4.